The standard InChI is InChI=1S/C12H16Si.Zr/c1-13(2,11-7-3-4-8-11)12-9-5-6-10-12;/h3-12H,1-2H3;. The number of allylic oxidation sites excluding steroid dienone is 8. The molecule has 72 valence electrons. The summed E-state index contributed by atoms with van der Waals surface area (Å²) < 4.78 is 0. The minimum absolute atomic E-state index is 0. The maximum atomic E-state index is 2.47. The van der Waals surface area contributed by atoms with Gasteiger partial charge in [-0.1, -0.05) is 61.7 Å². The minimum Gasteiger partial charge on any atom is -0.0803 e. The largest absolute Gasteiger partial charge is 0.0803 e. The predicted molar refractivity (Wildman–Crippen MR) is 61.5 cm³/mol. The molecule has 0 unspecified atom stereocenters. The van der Waals surface area contributed by atoms with Gasteiger partial charge in [-0.25, -0.2) is 0 Å². The number of rotatable bonds is 2. The van der Waals surface area contributed by atoms with Crippen LogP contribution in [-0.4, -0.2) is 8.07 Å². The molecule has 2 rings (SSSR count). The maximum Gasteiger partial charge on any atom is 0.0699 e. The van der Waals surface area contributed by atoms with Crippen LogP contribution >= 0.6 is 0 Å². The van der Waals surface area contributed by atoms with Crippen molar-refractivity contribution in [3.05, 3.63) is 48.6 Å². The smallest absolute Gasteiger partial charge is 0.0699 e. The second kappa shape index (κ2) is 4.72. The van der Waals surface area contributed by atoms with Crippen LogP contribution in [-0.2, 0) is 26.2 Å². The van der Waals surface area contributed by atoms with Crippen LogP contribution in [0.15, 0.2) is 48.6 Å². The normalized spacial score (nSPS) is 20.7. The first-order valence-corrected chi connectivity index (χ1v) is 8.07. The van der Waals surface area contributed by atoms with E-state index in [1.54, 1.807) is 0 Å². The average molecular weight is 280 g/mol. The molecule has 0 saturated carbocycles. The van der Waals surface area contributed by atoms with Crippen molar-refractivity contribution in [2.75, 3.05) is 0 Å². The van der Waals surface area contributed by atoms with Gasteiger partial charge in [-0.05, 0) is 11.1 Å². The van der Waals surface area contributed by atoms with Crippen molar-refractivity contribution in [1.29, 1.82) is 0 Å². The van der Waals surface area contributed by atoms with Gasteiger partial charge in [0.25, 0.3) is 0 Å². The van der Waals surface area contributed by atoms with E-state index in [9.17, 15) is 0 Å². The third-order valence-corrected chi connectivity index (χ3v) is 7.42. The fourth-order valence-corrected chi connectivity index (χ4v) is 4.95. The Morgan fingerprint density at radius 3 is 1.29 bits per heavy atom. The number of hydrogen-bond acceptors (Lipinski definition) is 0. The van der Waals surface area contributed by atoms with Crippen LogP contribution in [0, 0.1) is 0 Å². The van der Waals surface area contributed by atoms with E-state index in [1.807, 2.05) is 0 Å². The molecule has 14 heavy (non-hydrogen) atoms. The van der Waals surface area contributed by atoms with Gasteiger partial charge in [0.05, 0.1) is 8.07 Å². The maximum absolute atomic E-state index is 2.47. The first-order valence-electron chi connectivity index (χ1n) is 4.91. The zero-order valence-electron chi connectivity index (χ0n) is 8.77. The van der Waals surface area contributed by atoms with Crippen molar-refractivity contribution in [3.8, 4) is 0 Å². The molecule has 0 nitrogen and oxygen atoms in total. The van der Waals surface area contributed by atoms with Crippen LogP contribution in [0.1, 0.15) is 0 Å². The summed E-state index contributed by atoms with van der Waals surface area (Å²) in [5.74, 6) is 0. The molecule has 0 atom stereocenters. The summed E-state index contributed by atoms with van der Waals surface area (Å²) in [4.78, 5) is 0. The Balaban J connectivity index is 0.000000980. The van der Waals surface area contributed by atoms with Crippen molar-refractivity contribution in [3.63, 3.8) is 0 Å². The van der Waals surface area contributed by atoms with E-state index in [-0.39, 0.29) is 26.2 Å². The minimum atomic E-state index is -1.18. The molecule has 2 heteroatoms. The molecule has 0 amide bonds. The summed E-state index contributed by atoms with van der Waals surface area (Å²) in [7, 11) is -1.18. The first kappa shape index (κ1) is 12.1. The second-order valence-corrected chi connectivity index (χ2v) is 9.39. The summed E-state index contributed by atoms with van der Waals surface area (Å²) in [6.07, 6.45) is 18.1. The summed E-state index contributed by atoms with van der Waals surface area (Å²) in [6, 6.07) is 0. The van der Waals surface area contributed by atoms with Gasteiger partial charge in [-0.3, -0.25) is 0 Å². The average Bonchev–Trinajstić information content (AvgIpc) is 2.78. The van der Waals surface area contributed by atoms with E-state index >= 15 is 0 Å². The van der Waals surface area contributed by atoms with Crippen molar-refractivity contribution >= 4 is 8.07 Å². The third kappa shape index (κ3) is 2.17. The quantitative estimate of drug-likeness (QED) is 0.676. The van der Waals surface area contributed by atoms with Crippen molar-refractivity contribution in [2.45, 2.75) is 24.2 Å². The molecule has 0 spiro atoms. The fourth-order valence-electron chi connectivity index (χ4n) is 2.08. The van der Waals surface area contributed by atoms with Crippen molar-refractivity contribution in [2.24, 2.45) is 0 Å². The molecule has 0 fully saturated rings. The molecule has 0 bridgehead atoms. The SMILES string of the molecule is C[Si](C)(C1C=CC=C1)C1C=CC=C1.[Zr]. The van der Waals surface area contributed by atoms with Crippen LogP contribution < -0.4 is 0 Å². The molecule has 2 aliphatic rings. The van der Waals surface area contributed by atoms with Gasteiger partial charge in [0.1, 0.15) is 0 Å². The van der Waals surface area contributed by atoms with E-state index in [0.717, 1.165) is 11.1 Å². The molecule has 0 radical (unpaired) electrons. The monoisotopic (exact) mass is 278 g/mol. The molecule has 0 heterocycles. The van der Waals surface area contributed by atoms with Crippen LogP contribution in [0.2, 0.25) is 24.2 Å². The molecule has 0 aromatic rings. The second-order valence-electron chi connectivity index (χ2n) is 4.41. The van der Waals surface area contributed by atoms with Crippen LogP contribution in [0.3, 0.4) is 0 Å². The van der Waals surface area contributed by atoms with Gasteiger partial charge in [0.15, 0.2) is 0 Å². The topological polar surface area (TPSA) is 0 Å². The van der Waals surface area contributed by atoms with Gasteiger partial charge in [0.2, 0.25) is 0 Å². The van der Waals surface area contributed by atoms with E-state index in [4.69, 9.17) is 0 Å². The molecule has 0 aromatic heterocycles. The van der Waals surface area contributed by atoms with E-state index in [0.29, 0.717) is 0 Å². The Labute approximate surface area is 107 Å². The zero-order chi connectivity index (χ0) is 9.31. The molecular formula is C12H16SiZr. The first-order chi connectivity index (χ1) is 6.21. The molecule has 2 aliphatic carbocycles. The molecule has 0 N–H and O–H groups in total. The summed E-state index contributed by atoms with van der Waals surface area (Å²) in [6.45, 7) is 4.95. The Morgan fingerprint density at radius 1 is 0.714 bits per heavy atom. The molecule has 0 aromatic carbocycles. The van der Waals surface area contributed by atoms with Crippen molar-refractivity contribution in [1.82, 2.24) is 0 Å². The van der Waals surface area contributed by atoms with E-state index < -0.39 is 8.07 Å². The van der Waals surface area contributed by atoms with Crippen LogP contribution in [0.25, 0.3) is 0 Å². The summed E-state index contributed by atoms with van der Waals surface area (Å²) >= 11 is 0. The van der Waals surface area contributed by atoms with Gasteiger partial charge in [-0.15, -0.1) is 0 Å². The fraction of sp³-hybridized carbons (Fsp3) is 0.333. The zero-order valence-corrected chi connectivity index (χ0v) is 12.2. The van der Waals surface area contributed by atoms with E-state index in [1.165, 1.54) is 0 Å². The Kier molecular flexibility index (Phi) is 4.09. The van der Waals surface area contributed by atoms with Gasteiger partial charge < -0.3 is 0 Å². The molecule has 0 aliphatic heterocycles. The van der Waals surface area contributed by atoms with Crippen LogP contribution in [0.5, 0.6) is 0 Å². The Bertz CT molecular complexity index is 256. The third-order valence-electron chi connectivity index (χ3n) is 3.21. The summed E-state index contributed by atoms with van der Waals surface area (Å²) in [5.41, 5.74) is 1.45. The number of hydrogen-bond donors (Lipinski definition) is 0. The Hall–Kier alpha value is 0.0600. The van der Waals surface area contributed by atoms with Crippen LogP contribution in [0.4, 0.5) is 0 Å². The Morgan fingerprint density at radius 2 is 1.00 bits per heavy atom. The summed E-state index contributed by atoms with van der Waals surface area (Å²) in [5, 5.41) is 0. The predicted octanol–water partition coefficient (Wildman–Crippen LogP) is 3.68. The van der Waals surface area contributed by atoms with Gasteiger partial charge in [-0.2, -0.15) is 0 Å². The molecule has 0 saturated heterocycles. The van der Waals surface area contributed by atoms with Gasteiger partial charge in [0, 0.05) is 26.2 Å². The molecular weight excluding hydrogens is 263 g/mol. The van der Waals surface area contributed by atoms with Gasteiger partial charge >= 0.3 is 0 Å². The van der Waals surface area contributed by atoms with E-state index in [2.05, 4.69) is 61.7 Å². The van der Waals surface area contributed by atoms with Crippen molar-refractivity contribution < 1.29 is 26.2 Å².